The van der Waals surface area contributed by atoms with Gasteiger partial charge in [0.15, 0.2) is 0 Å². The number of aromatic nitrogens is 1. The van der Waals surface area contributed by atoms with Crippen LogP contribution < -0.4 is 5.73 Å². The average Bonchev–Trinajstić information content (AvgIpc) is 2.46. The topological polar surface area (TPSA) is 110 Å². The molecule has 0 saturated carbocycles. The van der Waals surface area contributed by atoms with Crippen LogP contribution in [0.3, 0.4) is 0 Å². The van der Waals surface area contributed by atoms with Crippen molar-refractivity contribution in [3.8, 4) is 0 Å². The maximum absolute atomic E-state index is 10.8. The van der Waals surface area contributed by atoms with Crippen molar-refractivity contribution < 1.29 is 17.8 Å². The van der Waals surface area contributed by atoms with Crippen molar-refractivity contribution in [1.29, 1.82) is 0 Å². The van der Waals surface area contributed by atoms with Gasteiger partial charge in [0.25, 0.3) is 10.1 Å². The summed E-state index contributed by atoms with van der Waals surface area (Å²) in [5.74, 6) is -0.359. The summed E-state index contributed by atoms with van der Waals surface area (Å²) in [6.45, 7) is 3.87. The normalized spacial score (nSPS) is 10.9. The minimum Gasteiger partial charge on any atom is -0.366 e. The molecule has 3 N–H and O–H groups in total. The van der Waals surface area contributed by atoms with Gasteiger partial charge in [-0.2, -0.15) is 8.42 Å². The zero-order valence-electron chi connectivity index (χ0n) is 12.8. The van der Waals surface area contributed by atoms with Crippen molar-refractivity contribution in [2.45, 2.75) is 13.8 Å². The van der Waals surface area contributed by atoms with Gasteiger partial charge in [-0.15, -0.1) is 0 Å². The molecule has 0 bridgehead atoms. The van der Waals surface area contributed by atoms with Crippen LogP contribution in [0.25, 0.3) is 6.08 Å². The molecule has 0 aliphatic heterocycles. The third-order valence-corrected chi connectivity index (χ3v) is 3.27. The number of nitrogens with two attached hydrogens (primary N) is 1. The number of benzene rings is 1. The van der Waals surface area contributed by atoms with Crippen LogP contribution in [0.15, 0.2) is 48.1 Å². The molecule has 0 spiro atoms. The Morgan fingerprint density at radius 3 is 2.26 bits per heavy atom. The SMILES string of the molecule is Cc1ccc(C(N)=O)c(C)c1.O=S(=O)(O)/C=C/c1ccncc1. The van der Waals surface area contributed by atoms with E-state index in [1.54, 1.807) is 18.2 Å². The number of hydrogen-bond acceptors (Lipinski definition) is 4. The predicted octanol–water partition coefficient (Wildman–Crippen LogP) is 2.34. The van der Waals surface area contributed by atoms with Crippen LogP contribution >= 0.6 is 0 Å². The molecule has 1 amide bonds. The van der Waals surface area contributed by atoms with Gasteiger partial charge in [0.05, 0.1) is 5.41 Å². The zero-order valence-corrected chi connectivity index (χ0v) is 13.6. The molecular formula is C16H18N2O4S. The van der Waals surface area contributed by atoms with Gasteiger partial charge in [-0.3, -0.25) is 14.3 Å². The molecule has 0 radical (unpaired) electrons. The van der Waals surface area contributed by atoms with Gasteiger partial charge < -0.3 is 5.73 Å². The van der Waals surface area contributed by atoms with Gasteiger partial charge in [0.1, 0.15) is 0 Å². The molecule has 7 heteroatoms. The van der Waals surface area contributed by atoms with E-state index in [1.807, 2.05) is 26.0 Å². The fourth-order valence-electron chi connectivity index (χ4n) is 1.73. The molecule has 6 nitrogen and oxygen atoms in total. The monoisotopic (exact) mass is 334 g/mol. The van der Waals surface area contributed by atoms with E-state index >= 15 is 0 Å². The molecule has 0 unspecified atom stereocenters. The number of carbonyl (C=O) groups excluding carboxylic acids is 1. The summed E-state index contributed by atoms with van der Waals surface area (Å²) in [6, 6.07) is 8.84. The molecule has 1 aromatic carbocycles. The molecule has 1 heterocycles. The second-order valence-electron chi connectivity index (χ2n) is 4.78. The van der Waals surface area contributed by atoms with E-state index in [4.69, 9.17) is 10.3 Å². The molecule has 2 aromatic rings. The summed E-state index contributed by atoms with van der Waals surface area (Å²) >= 11 is 0. The van der Waals surface area contributed by atoms with Crippen LogP contribution in [0.5, 0.6) is 0 Å². The van der Waals surface area contributed by atoms with E-state index in [2.05, 4.69) is 4.98 Å². The van der Waals surface area contributed by atoms with E-state index in [0.717, 1.165) is 16.5 Å². The van der Waals surface area contributed by atoms with Gasteiger partial charge in [-0.1, -0.05) is 17.7 Å². The minimum atomic E-state index is -4.02. The van der Waals surface area contributed by atoms with E-state index in [1.165, 1.54) is 18.5 Å². The van der Waals surface area contributed by atoms with Gasteiger partial charge in [0.2, 0.25) is 5.91 Å². The summed E-state index contributed by atoms with van der Waals surface area (Å²) in [6.07, 6.45) is 4.35. The molecule has 2 rings (SSSR count). The Morgan fingerprint density at radius 1 is 1.17 bits per heavy atom. The van der Waals surface area contributed by atoms with Crippen molar-refractivity contribution in [3.63, 3.8) is 0 Å². The molecule has 122 valence electrons. The number of carbonyl (C=O) groups is 1. The van der Waals surface area contributed by atoms with Crippen LogP contribution in [0.2, 0.25) is 0 Å². The molecule has 0 saturated heterocycles. The van der Waals surface area contributed by atoms with Gasteiger partial charge in [0, 0.05) is 18.0 Å². The number of rotatable bonds is 3. The minimum absolute atomic E-state index is 0.359. The lowest BCUT2D eigenvalue weighted by Crippen LogP contribution is -2.12. The summed E-state index contributed by atoms with van der Waals surface area (Å²) in [5, 5.41) is 0.725. The highest BCUT2D eigenvalue weighted by Gasteiger charge is 2.02. The van der Waals surface area contributed by atoms with Crippen molar-refractivity contribution in [2.24, 2.45) is 5.73 Å². The zero-order chi connectivity index (χ0) is 17.5. The molecular weight excluding hydrogens is 316 g/mol. The fourth-order valence-corrected chi connectivity index (χ4v) is 2.06. The Kier molecular flexibility index (Phi) is 6.62. The predicted molar refractivity (Wildman–Crippen MR) is 89.3 cm³/mol. The second-order valence-corrected chi connectivity index (χ2v) is 6.08. The quantitative estimate of drug-likeness (QED) is 0.837. The first-order chi connectivity index (χ1) is 10.7. The van der Waals surface area contributed by atoms with Gasteiger partial charge in [-0.05, 0) is 49.2 Å². The number of aryl methyl sites for hydroxylation is 2. The summed E-state index contributed by atoms with van der Waals surface area (Å²) in [4.78, 5) is 14.5. The Bertz CT molecular complexity index is 800. The smallest absolute Gasteiger partial charge is 0.287 e. The van der Waals surface area contributed by atoms with Crippen LogP contribution in [0, 0.1) is 13.8 Å². The highest BCUT2D eigenvalue weighted by atomic mass is 32.2. The maximum atomic E-state index is 10.8. The largest absolute Gasteiger partial charge is 0.366 e. The summed E-state index contributed by atoms with van der Waals surface area (Å²) in [7, 11) is -4.02. The second kappa shape index (κ2) is 8.21. The van der Waals surface area contributed by atoms with Gasteiger partial charge in [-0.25, -0.2) is 0 Å². The summed E-state index contributed by atoms with van der Waals surface area (Å²) in [5.41, 5.74) is 8.49. The molecule has 23 heavy (non-hydrogen) atoms. The van der Waals surface area contributed by atoms with E-state index < -0.39 is 10.1 Å². The number of primary amides is 1. The number of amides is 1. The molecule has 1 aromatic heterocycles. The highest BCUT2D eigenvalue weighted by molar-refractivity contribution is 7.88. The molecule has 0 aliphatic carbocycles. The number of hydrogen-bond donors (Lipinski definition) is 2. The van der Waals surface area contributed by atoms with Crippen molar-refractivity contribution in [2.75, 3.05) is 0 Å². The Hall–Kier alpha value is -2.51. The molecule has 0 atom stereocenters. The number of nitrogens with zero attached hydrogens (tertiary/aromatic N) is 1. The lowest BCUT2D eigenvalue weighted by molar-refractivity contribution is 0.0999. The first-order valence-electron chi connectivity index (χ1n) is 6.61. The lowest BCUT2D eigenvalue weighted by Gasteiger charge is -2.01. The van der Waals surface area contributed by atoms with Crippen LogP contribution in [0.1, 0.15) is 27.0 Å². The van der Waals surface area contributed by atoms with Crippen LogP contribution in [-0.4, -0.2) is 23.9 Å². The lowest BCUT2D eigenvalue weighted by atomic mass is 10.1. The molecule has 0 aliphatic rings. The first-order valence-corrected chi connectivity index (χ1v) is 8.12. The van der Waals surface area contributed by atoms with Crippen molar-refractivity contribution in [1.82, 2.24) is 4.98 Å². The van der Waals surface area contributed by atoms with Crippen molar-refractivity contribution >= 4 is 22.1 Å². The highest BCUT2D eigenvalue weighted by Crippen LogP contribution is 2.08. The average molecular weight is 334 g/mol. The van der Waals surface area contributed by atoms with E-state index in [-0.39, 0.29) is 5.91 Å². The van der Waals surface area contributed by atoms with E-state index in [0.29, 0.717) is 11.1 Å². The first kappa shape index (κ1) is 18.5. The van der Waals surface area contributed by atoms with Crippen LogP contribution in [-0.2, 0) is 10.1 Å². The van der Waals surface area contributed by atoms with Crippen LogP contribution in [0.4, 0.5) is 0 Å². The molecule has 0 fully saturated rings. The standard InChI is InChI=1S/C9H11NO.C7H7NO3S/c1-6-3-4-8(9(10)11)7(2)5-6;9-12(10,11)6-3-7-1-4-8-5-2-7/h3-5H,1-2H3,(H2,10,11);1-6H,(H,9,10,11)/b;6-3+. The fraction of sp³-hybridized carbons (Fsp3) is 0.125. The Labute approximate surface area is 135 Å². The number of pyridine rings is 1. The Balaban J connectivity index is 0.000000231. The van der Waals surface area contributed by atoms with E-state index in [9.17, 15) is 13.2 Å². The van der Waals surface area contributed by atoms with Gasteiger partial charge >= 0.3 is 0 Å². The third kappa shape index (κ3) is 7.35. The summed E-state index contributed by atoms with van der Waals surface area (Å²) < 4.78 is 28.9. The van der Waals surface area contributed by atoms with Crippen molar-refractivity contribution in [3.05, 3.63) is 70.4 Å². The third-order valence-electron chi connectivity index (χ3n) is 2.79. The maximum Gasteiger partial charge on any atom is 0.287 e. The Morgan fingerprint density at radius 2 is 1.78 bits per heavy atom.